The highest BCUT2D eigenvalue weighted by Gasteiger charge is 2.33. The second-order valence-electron chi connectivity index (χ2n) is 8.12. The highest BCUT2D eigenvalue weighted by Crippen LogP contribution is 2.28. The number of aromatic carboxylic acids is 1. The van der Waals surface area contributed by atoms with Crippen LogP contribution in [-0.4, -0.2) is 90.9 Å². The van der Waals surface area contributed by atoms with Crippen LogP contribution in [-0.2, 0) is 9.53 Å². The number of aromatic nitrogens is 1. The first-order valence-corrected chi connectivity index (χ1v) is 12.1. The van der Waals surface area contributed by atoms with Crippen molar-refractivity contribution in [3.05, 3.63) is 35.1 Å². The average molecular weight is 558 g/mol. The molecule has 0 aliphatic carbocycles. The van der Waals surface area contributed by atoms with Gasteiger partial charge in [0.1, 0.15) is 11.9 Å². The van der Waals surface area contributed by atoms with E-state index in [-0.39, 0.29) is 54.9 Å². The van der Waals surface area contributed by atoms with Crippen molar-refractivity contribution in [1.29, 1.82) is 0 Å². The van der Waals surface area contributed by atoms with Gasteiger partial charge in [-0.2, -0.15) is 8.78 Å². The smallest absolute Gasteiger partial charge is 0.414 e. The summed E-state index contributed by atoms with van der Waals surface area (Å²) in [5.41, 5.74) is 3.16. The number of nitrogens with one attached hydrogen (secondary N) is 3. The number of carbonyl (C=O) groups is 4. The number of hydrazine groups is 1. The largest absolute Gasteiger partial charge is 0.476 e. The molecule has 38 heavy (non-hydrogen) atoms. The zero-order valence-corrected chi connectivity index (χ0v) is 20.3. The number of hydrogen-bond acceptors (Lipinski definition) is 9. The van der Waals surface area contributed by atoms with E-state index in [1.54, 1.807) is 4.90 Å². The Morgan fingerprint density at radius 3 is 2.74 bits per heavy atom. The molecule has 4 amide bonds. The molecule has 0 spiro atoms. The molecule has 0 radical (unpaired) electrons. The van der Waals surface area contributed by atoms with Gasteiger partial charge in [-0.25, -0.2) is 29.2 Å². The summed E-state index contributed by atoms with van der Waals surface area (Å²) in [5, 5.41) is 16.1. The third-order valence-corrected chi connectivity index (χ3v) is 6.38. The van der Waals surface area contributed by atoms with Gasteiger partial charge in [0.25, 0.3) is 5.91 Å². The topological polar surface area (TPSA) is 156 Å². The number of alkyl halides is 2. The number of cyclic esters (lactones) is 1. The average Bonchev–Trinajstić information content (AvgIpc) is 3.41. The number of hydrogen-bond donors (Lipinski definition) is 4. The SMILES string of the molecule is O=C(O)c1csc(NC(=O)N2CCN(c3ccc(N4CC(CNC(=O)C(F)F)OC4=O)cc3F)CCN2)n1. The lowest BCUT2D eigenvalue weighted by Crippen LogP contribution is -2.46. The molecule has 0 bridgehead atoms. The number of urea groups is 1. The van der Waals surface area contributed by atoms with E-state index < -0.39 is 42.3 Å². The molecule has 2 aromatic rings. The predicted octanol–water partition coefficient (Wildman–Crippen LogP) is 1.55. The lowest BCUT2D eigenvalue weighted by Gasteiger charge is -2.24. The summed E-state index contributed by atoms with van der Waals surface area (Å²) < 4.78 is 44.8. The van der Waals surface area contributed by atoms with Crippen molar-refractivity contribution in [2.24, 2.45) is 0 Å². The van der Waals surface area contributed by atoms with Crippen LogP contribution in [0, 0.1) is 5.82 Å². The van der Waals surface area contributed by atoms with Crippen molar-refractivity contribution >= 4 is 51.8 Å². The van der Waals surface area contributed by atoms with Gasteiger partial charge < -0.3 is 20.1 Å². The van der Waals surface area contributed by atoms with Gasteiger partial charge in [-0.15, -0.1) is 11.3 Å². The van der Waals surface area contributed by atoms with Crippen molar-refractivity contribution in [2.75, 3.05) is 54.4 Å². The molecule has 4 rings (SSSR count). The van der Waals surface area contributed by atoms with Crippen LogP contribution in [0.2, 0.25) is 0 Å². The summed E-state index contributed by atoms with van der Waals surface area (Å²) in [6, 6.07) is 3.57. The van der Waals surface area contributed by atoms with Gasteiger partial charge in [-0.05, 0) is 18.2 Å². The molecule has 1 unspecified atom stereocenters. The van der Waals surface area contributed by atoms with Crippen LogP contribution in [0.3, 0.4) is 0 Å². The summed E-state index contributed by atoms with van der Waals surface area (Å²) in [5.74, 6) is -3.32. The van der Waals surface area contributed by atoms with E-state index >= 15 is 4.39 Å². The standard InChI is InChI=1S/C21H22F3N7O6S/c22-13-7-11(30-9-12(37-21(30)36)8-25-17(32)16(23)24)1-2-15(13)29-4-3-26-31(6-5-29)20(35)28-19-27-14(10-38-19)18(33)34/h1-2,7,10,12,16,26H,3-6,8-9H2,(H,25,32)(H,33,34)(H,27,28,35). The van der Waals surface area contributed by atoms with Crippen LogP contribution in [0.1, 0.15) is 10.5 Å². The van der Waals surface area contributed by atoms with E-state index in [0.717, 1.165) is 22.3 Å². The highest BCUT2D eigenvalue weighted by atomic mass is 32.1. The van der Waals surface area contributed by atoms with Crippen LogP contribution in [0.25, 0.3) is 0 Å². The molecule has 2 aliphatic heterocycles. The van der Waals surface area contributed by atoms with Gasteiger partial charge >= 0.3 is 24.5 Å². The fraction of sp³-hybridized carbons (Fsp3) is 0.381. The zero-order valence-electron chi connectivity index (χ0n) is 19.5. The van der Waals surface area contributed by atoms with E-state index in [9.17, 15) is 28.0 Å². The molecule has 3 heterocycles. The Kier molecular flexibility index (Phi) is 8.16. The van der Waals surface area contributed by atoms with Gasteiger partial charge in [0.2, 0.25) is 0 Å². The molecular formula is C21H22F3N7O6S. The van der Waals surface area contributed by atoms with Crippen molar-refractivity contribution in [1.82, 2.24) is 20.7 Å². The summed E-state index contributed by atoms with van der Waals surface area (Å²) in [6.07, 6.45) is -4.86. The first-order valence-electron chi connectivity index (χ1n) is 11.2. The second-order valence-corrected chi connectivity index (χ2v) is 8.98. The van der Waals surface area contributed by atoms with Gasteiger partial charge in [-0.1, -0.05) is 0 Å². The van der Waals surface area contributed by atoms with Gasteiger partial charge in [0.15, 0.2) is 10.8 Å². The number of ether oxygens (including phenoxy) is 1. The minimum atomic E-state index is -3.19. The molecule has 204 valence electrons. The molecule has 2 aliphatic rings. The minimum Gasteiger partial charge on any atom is -0.476 e. The number of carbonyl (C=O) groups excluding carboxylic acids is 3. The lowest BCUT2D eigenvalue weighted by molar-refractivity contribution is -0.132. The molecule has 2 saturated heterocycles. The number of thiazole rings is 1. The van der Waals surface area contributed by atoms with E-state index in [1.165, 1.54) is 22.5 Å². The monoisotopic (exact) mass is 557 g/mol. The zero-order chi connectivity index (χ0) is 27.4. The molecular weight excluding hydrogens is 535 g/mol. The van der Waals surface area contributed by atoms with Crippen molar-refractivity contribution in [3.8, 4) is 0 Å². The fourth-order valence-electron chi connectivity index (χ4n) is 3.78. The number of carboxylic acid groups (broad SMARTS) is 1. The summed E-state index contributed by atoms with van der Waals surface area (Å²) in [7, 11) is 0. The number of halogens is 3. The Bertz CT molecular complexity index is 1230. The maximum Gasteiger partial charge on any atom is 0.414 e. The van der Waals surface area contributed by atoms with Gasteiger partial charge in [0.05, 0.1) is 31.0 Å². The van der Waals surface area contributed by atoms with Crippen LogP contribution >= 0.6 is 11.3 Å². The Morgan fingerprint density at radius 1 is 1.26 bits per heavy atom. The molecule has 13 nitrogen and oxygen atoms in total. The molecule has 17 heteroatoms. The normalized spacial score (nSPS) is 17.8. The van der Waals surface area contributed by atoms with Gasteiger partial charge in [-0.3, -0.25) is 20.0 Å². The summed E-state index contributed by atoms with van der Waals surface area (Å²) in [6.45, 7) is 0.683. The number of nitrogens with zero attached hydrogens (tertiary/aromatic N) is 4. The quantitative estimate of drug-likeness (QED) is 0.397. The maximum absolute atomic E-state index is 15.1. The number of carboxylic acids is 1. The van der Waals surface area contributed by atoms with Crippen LogP contribution in [0.15, 0.2) is 23.6 Å². The summed E-state index contributed by atoms with van der Waals surface area (Å²) >= 11 is 0.968. The van der Waals surface area contributed by atoms with Crippen molar-refractivity contribution in [3.63, 3.8) is 0 Å². The summed E-state index contributed by atoms with van der Waals surface area (Å²) in [4.78, 5) is 53.4. The molecule has 1 aromatic carbocycles. The first-order chi connectivity index (χ1) is 18.1. The van der Waals surface area contributed by atoms with Crippen LogP contribution in [0.4, 0.5) is 39.3 Å². The Balaban J connectivity index is 1.34. The Hall–Kier alpha value is -4.12. The van der Waals surface area contributed by atoms with E-state index in [1.807, 2.05) is 5.32 Å². The first kappa shape index (κ1) is 26.9. The van der Waals surface area contributed by atoms with E-state index in [4.69, 9.17) is 9.84 Å². The molecule has 1 atom stereocenters. The predicted molar refractivity (Wildman–Crippen MR) is 128 cm³/mol. The van der Waals surface area contributed by atoms with Crippen LogP contribution in [0.5, 0.6) is 0 Å². The Labute approximate surface area is 217 Å². The number of anilines is 3. The third kappa shape index (κ3) is 6.23. The molecule has 0 saturated carbocycles. The third-order valence-electron chi connectivity index (χ3n) is 5.62. The lowest BCUT2D eigenvalue weighted by atomic mass is 10.2. The van der Waals surface area contributed by atoms with E-state index in [0.29, 0.717) is 6.54 Å². The number of rotatable bonds is 7. The van der Waals surface area contributed by atoms with Crippen LogP contribution < -0.4 is 25.9 Å². The number of benzene rings is 1. The van der Waals surface area contributed by atoms with Crippen molar-refractivity contribution < 1.29 is 42.2 Å². The molecule has 2 fully saturated rings. The second kappa shape index (κ2) is 11.5. The molecule has 4 N–H and O–H groups in total. The fourth-order valence-corrected chi connectivity index (χ4v) is 4.46. The molecule has 1 aromatic heterocycles. The Morgan fingerprint density at radius 2 is 2.05 bits per heavy atom. The highest BCUT2D eigenvalue weighted by molar-refractivity contribution is 7.14. The maximum atomic E-state index is 15.1. The minimum absolute atomic E-state index is 0.0636. The van der Waals surface area contributed by atoms with Gasteiger partial charge in [0, 0.05) is 25.0 Å². The number of amides is 4. The van der Waals surface area contributed by atoms with Crippen molar-refractivity contribution in [2.45, 2.75) is 12.5 Å². The van der Waals surface area contributed by atoms with E-state index in [2.05, 4.69) is 15.7 Å².